The standard InChI is InChI=1S/C13H9ClF2N4O/c14-7-5-8-11(18-6-7)20(13(17)19-8)9-3-1-2-4-10(9)21-12(15)16/h1-6,12H,(H2,17,19). The normalized spacial score (nSPS) is 11.2. The zero-order chi connectivity index (χ0) is 15.0. The Morgan fingerprint density at radius 3 is 2.81 bits per heavy atom. The van der Waals surface area contributed by atoms with Crippen LogP contribution in [0.5, 0.6) is 5.75 Å². The molecule has 0 bridgehead atoms. The summed E-state index contributed by atoms with van der Waals surface area (Å²) in [7, 11) is 0. The third-order valence-electron chi connectivity index (χ3n) is 2.81. The maximum atomic E-state index is 12.5. The molecule has 108 valence electrons. The first-order valence-corrected chi connectivity index (χ1v) is 6.28. The molecule has 5 nitrogen and oxygen atoms in total. The molecule has 8 heteroatoms. The molecule has 0 saturated carbocycles. The fraction of sp³-hybridized carbons (Fsp3) is 0.0769. The number of nitrogen functional groups attached to an aromatic ring is 1. The molecule has 21 heavy (non-hydrogen) atoms. The number of nitrogens with zero attached hydrogens (tertiary/aromatic N) is 3. The Labute approximate surface area is 122 Å². The monoisotopic (exact) mass is 310 g/mol. The molecule has 0 aliphatic heterocycles. The van der Waals surface area contributed by atoms with Crippen molar-refractivity contribution in [2.45, 2.75) is 6.61 Å². The number of fused-ring (bicyclic) bond motifs is 1. The maximum absolute atomic E-state index is 12.5. The summed E-state index contributed by atoms with van der Waals surface area (Å²) in [4.78, 5) is 8.26. The topological polar surface area (TPSA) is 66.0 Å². The minimum absolute atomic E-state index is 0.0183. The summed E-state index contributed by atoms with van der Waals surface area (Å²) in [5, 5.41) is 0.407. The molecule has 0 atom stereocenters. The first kappa shape index (κ1) is 13.6. The van der Waals surface area contributed by atoms with Crippen molar-refractivity contribution in [3.05, 3.63) is 41.6 Å². The average Bonchev–Trinajstić information content (AvgIpc) is 2.74. The van der Waals surface area contributed by atoms with Crippen molar-refractivity contribution in [3.63, 3.8) is 0 Å². The van der Waals surface area contributed by atoms with Crippen LogP contribution in [0.25, 0.3) is 16.9 Å². The minimum atomic E-state index is -2.94. The number of hydrogen-bond acceptors (Lipinski definition) is 4. The van der Waals surface area contributed by atoms with Gasteiger partial charge in [0.25, 0.3) is 0 Å². The van der Waals surface area contributed by atoms with Gasteiger partial charge in [0.05, 0.1) is 10.7 Å². The molecule has 0 fully saturated rings. The third-order valence-corrected chi connectivity index (χ3v) is 3.02. The predicted octanol–water partition coefficient (Wildman–Crippen LogP) is 3.26. The van der Waals surface area contributed by atoms with Crippen molar-refractivity contribution < 1.29 is 13.5 Å². The van der Waals surface area contributed by atoms with E-state index in [2.05, 4.69) is 14.7 Å². The number of ether oxygens (including phenoxy) is 1. The summed E-state index contributed by atoms with van der Waals surface area (Å²) in [5.74, 6) is 0.0836. The highest BCUT2D eigenvalue weighted by Gasteiger charge is 2.17. The van der Waals surface area contributed by atoms with E-state index in [1.54, 1.807) is 24.3 Å². The summed E-state index contributed by atoms with van der Waals surface area (Å²) >= 11 is 5.85. The molecule has 2 heterocycles. The number of hydrogen-bond donors (Lipinski definition) is 1. The second-order valence-corrected chi connectivity index (χ2v) is 4.58. The van der Waals surface area contributed by atoms with Gasteiger partial charge in [-0.3, -0.25) is 4.57 Å². The molecule has 0 amide bonds. The Morgan fingerprint density at radius 2 is 2.05 bits per heavy atom. The number of benzene rings is 1. The van der Waals surface area contributed by atoms with Crippen LogP contribution in [0.4, 0.5) is 14.7 Å². The highest BCUT2D eigenvalue weighted by molar-refractivity contribution is 6.31. The Balaban J connectivity index is 2.23. The van der Waals surface area contributed by atoms with E-state index in [0.717, 1.165) is 0 Å². The number of alkyl halides is 2. The van der Waals surface area contributed by atoms with Crippen LogP contribution in [0, 0.1) is 0 Å². The van der Waals surface area contributed by atoms with Crippen molar-refractivity contribution in [2.75, 3.05) is 5.73 Å². The lowest BCUT2D eigenvalue weighted by atomic mass is 10.3. The molecule has 0 spiro atoms. The molecule has 0 unspecified atom stereocenters. The van der Waals surface area contributed by atoms with Crippen LogP contribution in [-0.2, 0) is 0 Å². The zero-order valence-electron chi connectivity index (χ0n) is 10.5. The largest absolute Gasteiger partial charge is 0.433 e. The van der Waals surface area contributed by atoms with E-state index < -0.39 is 6.61 Å². The molecule has 0 saturated heterocycles. The second-order valence-electron chi connectivity index (χ2n) is 4.15. The van der Waals surface area contributed by atoms with Crippen molar-refractivity contribution in [2.24, 2.45) is 0 Å². The van der Waals surface area contributed by atoms with Gasteiger partial charge in [0.2, 0.25) is 5.95 Å². The quantitative estimate of drug-likeness (QED) is 0.806. The summed E-state index contributed by atoms with van der Waals surface area (Å²) in [5.41, 5.74) is 7.06. The van der Waals surface area contributed by atoms with Crippen molar-refractivity contribution in [1.29, 1.82) is 0 Å². The van der Waals surface area contributed by atoms with Gasteiger partial charge < -0.3 is 10.5 Å². The Hall–Kier alpha value is -2.41. The Morgan fingerprint density at radius 1 is 1.29 bits per heavy atom. The fourth-order valence-corrected chi connectivity index (χ4v) is 2.19. The molecule has 0 aliphatic rings. The van der Waals surface area contributed by atoms with Crippen molar-refractivity contribution in [1.82, 2.24) is 14.5 Å². The number of nitrogens with two attached hydrogens (primary N) is 1. The van der Waals surface area contributed by atoms with Gasteiger partial charge in [0.1, 0.15) is 11.3 Å². The molecular formula is C13H9ClF2N4O. The summed E-state index contributed by atoms with van der Waals surface area (Å²) in [6.45, 7) is -2.94. The highest BCUT2D eigenvalue weighted by atomic mass is 35.5. The van der Waals surface area contributed by atoms with Crippen LogP contribution in [0.1, 0.15) is 0 Å². The number of anilines is 1. The molecule has 1 aromatic carbocycles. The Bertz CT molecular complexity index is 806. The number of para-hydroxylation sites is 2. The maximum Gasteiger partial charge on any atom is 0.387 e. The summed E-state index contributed by atoms with van der Waals surface area (Å²) < 4.78 is 30.9. The summed E-state index contributed by atoms with van der Waals surface area (Å²) in [6, 6.07) is 7.86. The minimum Gasteiger partial charge on any atom is -0.433 e. The van der Waals surface area contributed by atoms with Crippen LogP contribution in [0.15, 0.2) is 36.5 Å². The molecule has 0 aliphatic carbocycles. The van der Waals surface area contributed by atoms with Crippen LogP contribution >= 0.6 is 11.6 Å². The molecule has 2 aromatic heterocycles. The number of imidazole rings is 1. The Kier molecular flexibility index (Phi) is 3.34. The zero-order valence-corrected chi connectivity index (χ0v) is 11.3. The van der Waals surface area contributed by atoms with Crippen LogP contribution in [-0.4, -0.2) is 21.1 Å². The molecular weight excluding hydrogens is 302 g/mol. The van der Waals surface area contributed by atoms with Crippen molar-refractivity contribution >= 4 is 28.7 Å². The van der Waals surface area contributed by atoms with E-state index >= 15 is 0 Å². The van der Waals surface area contributed by atoms with E-state index in [0.29, 0.717) is 21.9 Å². The first-order chi connectivity index (χ1) is 10.1. The van der Waals surface area contributed by atoms with E-state index in [-0.39, 0.29) is 11.7 Å². The van der Waals surface area contributed by atoms with Gasteiger partial charge in [-0.05, 0) is 18.2 Å². The summed E-state index contributed by atoms with van der Waals surface area (Å²) in [6.07, 6.45) is 1.43. The van der Waals surface area contributed by atoms with Crippen molar-refractivity contribution in [3.8, 4) is 11.4 Å². The van der Waals surface area contributed by atoms with E-state index in [4.69, 9.17) is 17.3 Å². The second kappa shape index (κ2) is 5.17. The van der Waals surface area contributed by atoms with Gasteiger partial charge >= 0.3 is 6.61 Å². The number of halogens is 3. The fourth-order valence-electron chi connectivity index (χ4n) is 2.03. The van der Waals surface area contributed by atoms with Crippen LogP contribution < -0.4 is 10.5 Å². The smallest absolute Gasteiger partial charge is 0.387 e. The van der Waals surface area contributed by atoms with Gasteiger partial charge in [0, 0.05) is 6.20 Å². The van der Waals surface area contributed by atoms with Crippen LogP contribution in [0.3, 0.4) is 0 Å². The van der Waals surface area contributed by atoms with Gasteiger partial charge in [-0.25, -0.2) is 9.97 Å². The predicted molar refractivity (Wildman–Crippen MR) is 74.9 cm³/mol. The van der Waals surface area contributed by atoms with Gasteiger partial charge in [-0.2, -0.15) is 8.78 Å². The first-order valence-electron chi connectivity index (χ1n) is 5.90. The van der Waals surface area contributed by atoms with Gasteiger partial charge in [-0.1, -0.05) is 23.7 Å². The number of pyridine rings is 1. The molecule has 2 N–H and O–H groups in total. The van der Waals surface area contributed by atoms with Gasteiger partial charge in [0.15, 0.2) is 5.65 Å². The molecule has 3 rings (SSSR count). The lowest BCUT2D eigenvalue weighted by Crippen LogP contribution is -2.08. The average molecular weight is 311 g/mol. The van der Waals surface area contributed by atoms with Gasteiger partial charge in [-0.15, -0.1) is 0 Å². The molecule has 3 aromatic rings. The highest BCUT2D eigenvalue weighted by Crippen LogP contribution is 2.30. The van der Waals surface area contributed by atoms with E-state index in [1.807, 2.05) is 0 Å². The lowest BCUT2D eigenvalue weighted by molar-refractivity contribution is -0.0498. The number of aromatic nitrogens is 3. The molecule has 0 radical (unpaired) electrons. The number of rotatable bonds is 3. The SMILES string of the molecule is Nc1nc2cc(Cl)cnc2n1-c1ccccc1OC(F)F. The van der Waals surface area contributed by atoms with E-state index in [9.17, 15) is 8.78 Å². The lowest BCUT2D eigenvalue weighted by Gasteiger charge is -2.12. The van der Waals surface area contributed by atoms with E-state index in [1.165, 1.54) is 16.8 Å². The van der Waals surface area contributed by atoms with Crippen LogP contribution in [0.2, 0.25) is 5.02 Å². The third kappa shape index (κ3) is 2.47.